The Balaban J connectivity index is 2.75. The Bertz CT molecular complexity index is 380. The summed E-state index contributed by atoms with van der Waals surface area (Å²) in [5, 5.41) is 0. The number of nitrogens with zero attached hydrogens (tertiary/aromatic N) is 1. The summed E-state index contributed by atoms with van der Waals surface area (Å²) in [6, 6.07) is 7.69. The minimum Gasteiger partial charge on any atom is -0.494 e. The number of nitrogens with one attached hydrogen (secondary N) is 1. The van der Waals surface area contributed by atoms with Crippen molar-refractivity contribution in [3.05, 3.63) is 29.8 Å². The highest BCUT2D eigenvalue weighted by molar-refractivity contribution is 5.98. The molecule has 0 atom stereocenters. The minimum absolute atomic E-state index is 0.566. The van der Waals surface area contributed by atoms with Crippen molar-refractivity contribution >= 4 is 5.84 Å². The maximum absolute atomic E-state index is 5.57. The van der Waals surface area contributed by atoms with Crippen molar-refractivity contribution in [3.63, 3.8) is 0 Å². The lowest BCUT2D eigenvalue weighted by Crippen LogP contribution is -2.31. The van der Waals surface area contributed by atoms with Crippen LogP contribution in [-0.4, -0.2) is 32.7 Å². The third-order valence-electron chi connectivity index (χ3n) is 2.28. The minimum atomic E-state index is 0.566. The predicted octanol–water partition coefficient (Wildman–Crippen LogP) is 1.33. The Hall–Kier alpha value is -1.59. The Kier molecular flexibility index (Phi) is 6.83. The zero-order valence-electron chi connectivity index (χ0n) is 11.0. The summed E-state index contributed by atoms with van der Waals surface area (Å²) >= 11 is 0. The molecule has 0 radical (unpaired) electrons. The van der Waals surface area contributed by atoms with Crippen molar-refractivity contribution in [1.82, 2.24) is 5.43 Å². The van der Waals surface area contributed by atoms with Crippen molar-refractivity contribution in [3.8, 4) is 5.75 Å². The average Bonchev–Trinajstić information content (AvgIpc) is 2.42. The van der Waals surface area contributed by atoms with Crippen molar-refractivity contribution in [1.29, 1.82) is 0 Å². The normalized spacial score (nSPS) is 11.4. The molecule has 3 N–H and O–H groups in total. The maximum atomic E-state index is 5.57. The van der Waals surface area contributed by atoms with Gasteiger partial charge in [-0.05, 0) is 18.6 Å². The van der Waals surface area contributed by atoms with Gasteiger partial charge in [0.05, 0.1) is 19.8 Å². The molecule has 5 nitrogen and oxygen atoms in total. The molecule has 0 amide bonds. The molecule has 0 unspecified atom stereocenters. The van der Waals surface area contributed by atoms with E-state index in [9.17, 15) is 0 Å². The highest BCUT2D eigenvalue weighted by atomic mass is 16.5. The van der Waals surface area contributed by atoms with Crippen molar-refractivity contribution in [2.45, 2.75) is 13.3 Å². The van der Waals surface area contributed by atoms with Crippen LogP contribution in [0, 0.1) is 0 Å². The molecule has 5 heteroatoms. The van der Waals surface area contributed by atoms with Gasteiger partial charge in [0, 0.05) is 12.7 Å². The molecule has 1 aromatic rings. The number of hydrogen-bond donors (Lipinski definition) is 2. The quantitative estimate of drug-likeness (QED) is 0.252. The second kappa shape index (κ2) is 8.49. The van der Waals surface area contributed by atoms with E-state index < -0.39 is 0 Å². The van der Waals surface area contributed by atoms with Gasteiger partial charge in [-0.1, -0.05) is 19.1 Å². The number of aliphatic imine (C=N–C) groups is 1. The van der Waals surface area contributed by atoms with Crippen LogP contribution in [-0.2, 0) is 4.74 Å². The zero-order chi connectivity index (χ0) is 13.2. The number of methoxy groups -OCH3 is 1. The molecular formula is C13H21N3O2. The van der Waals surface area contributed by atoms with Crippen LogP contribution in [0.1, 0.15) is 18.9 Å². The molecule has 0 aliphatic heterocycles. The SMILES string of the molecule is CCCOc1cccc(C(=NCCOC)NN)c1. The number of ether oxygens (including phenoxy) is 2. The van der Waals surface area contributed by atoms with Crippen LogP contribution in [0.4, 0.5) is 0 Å². The van der Waals surface area contributed by atoms with Crippen molar-refractivity contribution in [2.24, 2.45) is 10.8 Å². The molecule has 1 rings (SSSR count). The Morgan fingerprint density at radius 3 is 2.89 bits per heavy atom. The topological polar surface area (TPSA) is 68.9 Å². The van der Waals surface area contributed by atoms with E-state index in [1.54, 1.807) is 7.11 Å². The molecule has 0 saturated carbocycles. The summed E-state index contributed by atoms with van der Waals surface area (Å²) in [7, 11) is 1.64. The largest absolute Gasteiger partial charge is 0.494 e. The van der Waals surface area contributed by atoms with Crippen LogP contribution in [0.5, 0.6) is 5.75 Å². The zero-order valence-corrected chi connectivity index (χ0v) is 11.0. The molecule has 100 valence electrons. The van der Waals surface area contributed by atoms with E-state index in [1.807, 2.05) is 24.3 Å². The van der Waals surface area contributed by atoms with E-state index in [2.05, 4.69) is 17.3 Å². The molecule has 0 saturated heterocycles. The first-order valence-corrected chi connectivity index (χ1v) is 6.05. The molecule has 0 aromatic heterocycles. The van der Waals surface area contributed by atoms with Crippen molar-refractivity contribution in [2.75, 3.05) is 26.9 Å². The van der Waals surface area contributed by atoms with Gasteiger partial charge in [0.25, 0.3) is 0 Å². The van der Waals surface area contributed by atoms with Crippen LogP contribution in [0.25, 0.3) is 0 Å². The first-order valence-electron chi connectivity index (χ1n) is 6.05. The fourth-order valence-electron chi connectivity index (χ4n) is 1.42. The van der Waals surface area contributed by atoms with Gasteiger partial charge < -0.3 is 14.9 Å². The van der Waals surface area contributed by atoms with Crippen LogP contribution >= 0.6 is 0 Å². The molecule has 0 aliphatic rings. The summed E-state index contributed by atoms with van der Waals surface area (Å²) in [6.45, 7) is 3.91. The van der Waals surface area contributed by atoms with E-state index in [4.69, 9.17) is 15.3 Å². The summed E-state index contributed by atoms with van der Waals surface area (Å²) < 4.78 is 10.5. The van der Waals surface area contributed by atoms with Crippen LogP contribution in [0.3, 0.4) is 0 Å². The lowest BCUT2D eigenvalue weighted by molar-refractivity contribution is 0.208. The Labute approximate surface area is 108 Å². The number of benzene rings is 1. The second-order valence-corrected chi connectivity index (χ2v) is 3.74. The van der Waals surface area contributed by atoms with Crippen molar-refractivity contribution < 1.29 is 9.47 Å². The number of amidine groups is 1. The lowest BCUT2D eigenvalue weighted by atomic mass is 10.2. The first kappa shape index (κ1) is 14.5. The van der Waals surface area contributed by atoms with E-state index >= 15 is 0 Å². The number of nitrogens with two attached hydrogens (primary N) is 1. The van der Waals surface area contributed by atoms with Gasteiger partial charge in [0.1, 0.15) is 11.6 Å². The monoisotopic (exact) mass is 251 g/mol. The van der Waals surface area contributed by atoms with E-state index in [-0.39, 0.29) is 0 Å². The van der Waals surface area contributed by atoms with Gasteiger partial charge >= 0.3 is 0 Å². The highest BCUT2D eigenvalue weighted by Crippen LogP contribution is 2.13. The summed E-state index contributed by atoms with van der Waals surface area (Å²) in [5.41, 5.74) is 3.50. The third kappa shape index (κ3) is 4.73. The predicted molar refractivity (Wildman–Crippen MR) is 72.8 cm³/mol. The summed E-state index contributed by atoms with van der Waals surface area (Å²) in [5.74, 6) is 6.93. The molecule has 1 aromatic carbocycles. The lowest BCUT2D eigenvalue weighted by Gasteiger charge is -2.09. The Morgan fingerprint density at radius 2 is 2.22 bits per heavy atom. The molecule has 0 aliphatic carbocycles. The standard InChI is InChI=1S/C13H21N3O2/c1-3-8-18-12-6-4-5-11(10-12)13(16-14)15-7-9-17-2/h4-6,10H,3,7-9,14H2,1-2H3,(H,15,16). The van der Waals surface area contributed by atoms with E-state index in [0.29, 0.717) is 25.6 Å². The fraction of sp³-hybridized carbons (Fsp3) is 0.462. The summed E-state index contributed by atoms with van der Waals surface area (Å²) in [6.07, 6.45) is 0.980. The van der Waals surface area contributed by atoms with Gasteiger partial charge in [-0.2, -0.15) is 0 Å². The van der Waals surface area contributed by atoms with Gasteiger partial charge in [-0.15, -0.1) is 0 Å². The van der Waals surface area contributed by atoms with E-state index in [1.165, 1.54) is 0 Å². The maximum Gasteiger partial charge on any atom is 0.142 e. The third-order valence-corrected chi connectivity index (χ3v) is 2.28. The van der Waals surface area contributed by atoms with Crippen LogP contribution < -0.4 is 16.0 Å². The average molecular weight is 251 g/mol. The molecule has 18 heavy (non-hydrogen) atoms. The van der Waals surface area contributed by atoms with Crippen LogP contribution in [0.15, 0.2) is 29.3 Å². The molecule has 0 fully saturated rings. The smallest absolute Gasteiger partial charge is 0.142 e. The highest BCUT2D eigenvalue weighted by Gasteiger charge is 2.03. The molecular weight excluding hydrogens is 230 g/mol. The fourth-order valence-corrected chi connectivity index (χ4v) is 1.42. The van der Waals surface area contributed by atoms with E-state index in [0.717, 1.165) is 17.7 Å². The number of rotatable bonds is 7. The molecule has 0 spiro atoms. The summed E-state index contributed by atoms with van der Waals surface area (Å²) in [4.78, 5) is 4.32. The first-order chi connectivity index (χ1) is 8.81. The second-order valence-electron chi connectivity index (χ2n) is 3.74. The van der Waals surface area contributed by atoms with Crippen LogP contribution in [0.2, 0.25) is 0 Å². The number of hydrazine groups is 1. The van der Waals surface area contributed by atoms with Gasteiger partial charge in [0.2, 0.25) is 0 Å². The number of hydrogen-bond acceptors (Lipinski definition) is 4. The van der Waals surface area contributed by atoms with Gasteiger partial charge in [-0.3, -0.25) is 4.99 Å². The molecule has 0 heterocycles. The Morgan fingerprint density at radius 1 is 1.39 bits per heavy atom. The molecule has 0 bridgehead atoms. The van der Waals surface area contributed by atoms with Gasteiger partial charge in [0.15, 0.2) is 0 Å². The van der Waals surface area contributed by atoms with Gasteiger partial charge in [-0.25, -0.2) is 5.84 Å².